The van der Waals surface area contributed by atoms with E-state index in [0.29, 0.717) is 34.9 Å². The van der Waals surface area contributed by atoms with E-state index < -0.39 is 15.9 Å². The van der Waals surface area contributed by atoms with Gasteiger partial charge in [-0.1, -0.05) is 19.1 Å². The number of para-hydroxylation sites is 2. The molecule has 9 heteroatoms. The lowest BCUT2D eigenvalue weighted by Gasteiger charge is -2.13. The molecule has 1 heterocycles. The van der Waals surface area contributed by atoms with E-state index in [0.717, 1.165) is 0 Å². The Balaban J connectivity index is 1.60. The summed E-state index contributed by atoms with van der Waals surface area (Å²) in [5.74, 6) is 0.255. The third kappa shape index (κ3) is 4.28. The number of fused-ring (bicyclic) bond motifs is 2. The van der Waals surface area contributed by atoms with Gasteiger partial charge in [-0.3, -0.25) is 14.3 Å². The van der Waals surface area contributed by atoms with Crippen molar-refractivity contribution >= 4 is 38.9 Å². The number of carbonyl (C=O) groups is 2. The van der Waals surface area contributed by atoms with Gasteiger partial charge in [0.15, 0.2) is 5.75 Å². The molecule has 0 saturated heterocycles. The maximum absolute atomic E-state index is 13.0. The molecule has 164 valence electrons. The highest BCUT2D eigenvalue weighted by atomic mass is 32.2. The van der Waals surface area contributed by atoms with E-state index in [1.54, 1.807) is 50.2 Å². The Morgan fingerprint density at radius 2 is 1.75 bits per heavy atom. The molecule has 2 amide bonds. The Morgan fingerprint density at radius 1 is 1.00 bits per heavy atom. The Hall–Kier alpha value is -3.85. The smallest absolute Gasteiger partial charge is 0.262 e. The molecule has 32 heavy (non-hydrogen) atoms. The molecule has 0 spiro atoms. The summed E-state index contributed by atoms with van der Waals surface area (Å²) >= 11 is 0. The number of anilines is 3. The third-order valence-electron chi connectivity index (χ3n) is 4.90. The fraction of sp³-hybridized carbons (Fsp3) is 0.130. The highest BCUT2D eigenvalue weighted by molar-refractivity contribution is 7.92. The van der Waals surface area contributed by atoms with Crippen LogP contribution in [-0.4, -0.2) is 20.2 Å². The highest BCUT2D eigenvalue weighted by Crippen LogP contribution is 2.36. The zero-order chi connectivity index (χ0) is 22.9. The predicted octanol–water partition coefficient (Wildman–Crippen LogP) is 4.50. The first-order valence-electron chi connectivity index (χ1n) is 9.92. The largest absolute Gasteiger partial charge is 0.454 e. The van der Waals surface area contributed by atoms with Crippen LogP contribution in [-0.2, 0) is 14.8 Å². The molecule has 8 nitrogen and oxygen atoms in total. The summed E-state index contributed by atoms with van der Waals surface area (Å²) in [5, 5.41) is 5.46. The van der Waals surface area contributed by atoms with Crippen molar-refractivity contribution in [3.05, 3.63) is 71.8 Å². The van der Waals surface area contributed by atoms with E-state index in [4.69, 9.17) is 4.74 Å². The lowest BCUT2D eigenvalue weighted by molar-refractivity contribution is -0.115. The van der Waals surface area contributed by atoms with E-state index in [2.05, 4.69) is 15.4 Å². The van der Waals surface area contributed by atoms with Gasteiger partial charge in [0, 0.05) is 17.8 Å². The average Bonchev–Trinajstić information content (AvgIpc) is 2.89. The molecule has 0 fully saturated rings. The van der Waals surface area contributed by atoms with Gasteiger partial charge in [0.2, 0.25) is 5.91 Å². The van der Waals surface area contributed by atoms with E-state index >= 15 is 0 Å². The van der Waals surface area contributed by atoms with Crippen LogP contribution in [0.25, 0.3) is 0 Å². The zero-order valence-corrected chi connectivity index (χ0v) is 18.2. The molecule has 0 aromatic heterocycles. The first kappa shape index (κ1) is 21.4. The fourth-order valence-electron chi connectivity index (χ4n) is 3.32. The molecule has 0 radical (unpaired) electrons. The molecule has 0 saturated carbocycles. The van der Waals surface area contributed by atoms with Gasteiger partial charge in [0.25, 0.3) is 15.9 Å². The molecule has 3 aromatic rings. The molecular weight excluding hydrogens is 430 g/mol. The molecule has 3 N–H and O–H groups in total. The summed E-state index contributed by atoms with van der Waals surface area (Å²) in [6.45, 7) is 3.38. The maximum atomic E-state index is 13.0. The summed E-state index contributed by atoms with van der Waals surface area (Å²) in [7, 11) is -3.94. The monoisotopic (exact) mass is 451 g/mol. The van der Waals surface area contributed by atoms with Gasteiger partial charge in [0.05, 0.1) is 16.1 Å². The molecule has 0 aliphatic carbocycles. The number of hydrogen-bond donors (Lipinski definition) is 3. The number of amides is 2. The minimum Gasteiger partial charge on any atom is -0.454 e. The molecule has 1 aliphatic rings. The summed E-state index contributed by atoms with van der Waals surface area (Å²) in [6, 6.07) is 16.1. The van der Waals surface area contributed by atoms with Crippen molar-refractivity contribution < 1.29 is 22.7 Å². The number of hydrogen-bond acceptors (Lipinski definition) is 5. The minimum absolute atomic E-state index is 0.0649. The molecule has 3 aromatic carbocycles. The second-order valence-electron chi connectivity index (χ2n) is 7.25. The van der Waals surface area contributed by atoms with Crippen LogP contribution in [0, 0.1) is 6.92 Å². The van der Waals surface area contributed by atoms with Crippen LogP contribution in [0.1, 0.15) is 29.3 Å². The lowest BCUT2D eigenvalue weighted by Crippen LogP contribution is -2.16. The van der Waals surface area contributed by atoms with Gasteiger partial charge in [0.1, 0.15) is 5.75 Å². The van der Waals surface area contributed by atoms with Gasteiger partial charge < -0.3 is 15.4 Å². The highest BCUT2D eigenvalue weighted by Gasteiger charge is 2.23. The van der Waals surface area contributed by atoms with Crippen LogP contribution in [0.4, 0.5) is 17.1 Å². The molecule has 1 aliphatic heterocycles. The van der Waals surface area contributed by atoms with Gasteiger partial charge in [-0.15, -0.1) is 0 Å². The predicted molar refractivity (Wildman–Crippen MR) is 122 cm³/mol. The SMILES string of the molecule is CCC(=O)Nc1ccc(S(=O)(=O)Nc2ccc3c(c2)C(=O)Nc2ccccc2O3)c(C)c1. The maximum Gasteiger partial charge on any atom is 0.262 e. The first-order chi connectivity index (χ1) is 15.3. The third-order valence-corrected chi connectivity index (χ3v) is 6.44. The van der Waals surface area contributed by atoms with Crippen molar-refractivity contribution in [2.45, 2.75) is 25.2 Å². The number of benzene rings is 3. The second kappa shape index (κ2) is 8.35. The molecular formula is C23H21N3O5S. The van der Waals surface area contributed by atoms with Crippen LogP contribution in [0.15, 0.2) is 65.6 Å². The first-order valence-corrected chi connectivity index (χ1v) is 11.4. The van der Waals surface area contributed by atoms with Crippen LogP contribution >= 0.6 is 0 Å². The zero-order valence-electron chi connectivity index (χ0n) is 17.4. The van der Waals surface area contributed by atoms with Gasteiger partial charge in [-0.25, -0.2) is 8.42 Å². The number of ether oxygens (including phenoxy) is 1. The number of nitrogens with one attached hydrogen (secondary N) is 3. The van der Waals surface area contributed by atoms with E-state index in [9.17, 15) is 18.0 Å². The summed E-state index contributed by atoms with van der Waals surface area (Å²) in [4.78, 5) is 24.3. The van der Waals surface area contributed by atoms with Crippen molar-refractivity contribution in [2.24, 2.45) is 0 Å². The standard InChI is InChI=1S/C23H21N3O5S/c1-3-22(27)24-15-9-11-21(14(2)12-15)32(29,30)26-16-8-10-19-17(13-16)23(28)25-18-6-4-5-7-20(18)31-19/h4-13,26H,3H2,1-2H3,(H,24,27)(H,25,28). The summed E-state index contributed by atoms with van der Waals surface area (Å²) < 4.78 is 34.3. The van der Waals surface area contributed by atoms with E-state index in [1.807, 2.05) is 0 Å². The Morgan fingerprint density at radius 3 is 2.50 bits per heavy atom. The van der Waals surface area contributed by atoms with Crippen molar-refractivity contribution in [1.29, 1.82) is 0 Å². The quantitative estimate of drug-likeness (QED) is 0.528. The Bertz CT molecular complexity index is 1340. The van der Waals surface area contributed by atoms with Gasteiger partial charge in [-0.2, -0.15) is 0 Å². The van der Waals surface area contributed by atoms with Crippen LogP contribution < -0.4 is 20.1 Å². The van der Waals surface area contributed by atoms with Crippen molar-refractivity contribution in [3.63, 3.8) is 0 Å². The summed E-state index contributed by atoms with van der Waals surface area (Å²) in [6.07, 6.45) is 0.321. The van der Waals surface area contributed by atoms with Crippen molar-refractivity contribution in [1.82, 2.24) is 0 Å². The van der Waals surface area contributed by atoms with Crippen LogP contribution in [0.3, 0.4) is 0 Å². The topological polar surface area (TPSA) is 114 Å². The van der Waals surface area contributed by atoms with Gasteiger partial charge >= 0.3 is 0 Å². The Labute approximate surface area is 185 Å². The summed E-state index contributed by atoms with van der Waals surface area (Å²) in [5.41, 5.74) is 1.94. The molecule has 4 rings (SSSR count). The number of sulfonamides is 1. The minimum atomic E-state index is -3.94. The van der Waals surface area contributed by atoms with E-state index in [-0.39, 0.29) is 22.1 Å². The lowest BCUT2D eigenvalue weighted by atomic mass is 10.1. The van der Waals surface area contributed by atoms with Crippen molar-refractivity contribution in [2.75, 3.05) is 15.4 Å². The number of carbonyl (C=O) groups excluding carboxylic acids is 2. The molecule has 0 bridgehead atoms. The van der Waals surface area contributed by atoms with Crippen molar-refractivity contribution in [3.8, 4) is 11.5 Å². The van der Waals surface area contributed by atoms with Crippen LogP contribution in [0.2, 0.25) is 0 Å². The molecule has 0 atom stereocenters. The number of rotatable bonds is 5. The average molecular weight is 452 g/mol. The fourth-order valence-corrected chi connectivity index (χ4v) is 4.59. The van der Waals surface area contributed by atoms with Gasteiger partial charge in [-0.05, 0) is 61.0 Å². The van der Waals surface area contributed by atoms with E-state index in [1.165, 1.54) is 24.3 Å². The normalized spacial score (nSPS) is 12.5. The van der Waals surface area contributed by atoms with Crippen LogP contribution in [0.5, 0.6) is 11.5 Å². The Kier molecular flexibility index (Phi) is 5.58. The second-order valence-corrected chi connectivity index (χ2v) is 8.90. The number of aryl methyl sites for hydroxylation is 1. The molecule has 0 unspecified atom stereocenters.